The number of rotatable bonds is 3. The van der Waals surface area contributed by atoms with Crippen molar-refractivity contribution in [3.8, 4) is 12.3 Å². The number of carbonyl (C=O) groups excluding carboxylic acids is 3. The molecule has 0 aliphatic carbocycles. The van der Waals surface area contributed by atoms with Gasteiger partial charge in [0, 0.05) is 12.8 Å². The Morgan fingerprint density at radius 1 is 1.33 bits per heavy atom. The van der Waals surface area contributed by atoms with Gasteiger partial charge in [-0.2, -0.15) is 4.99 Å². The lowest BCUT2D eigenvalue weighted by Gasteiger charge is -2.10. The number of hydrogen-bond acceptors (Lipinski definition) is 4. The van der Waals surface area contributed by atoms with E-state index in [1.54, 1.807) is 4.57 Å². The first-order valence-electron chi connectivity index (χ1n) is 7.44. The van der Waals surface area contributed by atoms with E-state index < -0.39 is 5.91 Å². The standard InChI is InChI=1S/C17H15N3O3S/c1-3-8-19-12-5-4-11(2)9-13(12)24-17(19)18-14(21)10-20-15(22)6-7-16(20)23/h1,4-5,9H,6-8,10H2,2H3. The smallest absolute Gasteiger partial charge is 0.268 e. The molecule has 0 N–H and O–H groups in total. The van der Waals surface area contributed by atoms with E-state index in [0.29, 0.717) is 4.80 Å². The molecule has 6 nitrogen and oxygen atoms in total. The molecule has 0 unspecified atom stereocenters. The van der Waals surface area contributed by atoms with Gasteiger partial charge in [0.2, 0.25) is 11.8 Å². The number of likely N-dealkylation sites (tertiary alicyclic amines) is 1. The molecule has 1 aromatic heterocycles. The highest BCUT2D eigenvalue weighted by Gasteiger charge is 2.30. The minimum atomic E-state index is -0.535. The van der Waals surface area contributed by atoms with Gasteiger partial charge in [-0.05, 0) is 24.6 Å². The van der Waals surface area contributed by atoms with Gasteiger partial charge in [0.05, 0.1) is 16.8 Å². The Morgan fingerprint density at radius 3 is 2.71 bits per heavy atom. The summed E-state index contributed by atoms with van der Waals surface area (Å²) in [6, 6.07) is 5.91. The van der Waals surface area contributed by atoms with Crippen molar-refractivity contribution in [3.05, 3.63) is 28.6 Å². The number of aromatic nitrogens is 1. The monoisotopic (exact) mass is 341 g/mol. The van der Waals surface area contributed by atoms with E-state index in [9.17, 15) is 14.4 Å². The lowest BCUT2D eigenvalue weighted by atomic mass is 10.2. The van der Waals surface area contributed by atoms with Crippen LogP contribution in [0.1, 0.15) is 18.4 Å². The van der Waals surface area contributed by atoms with Gasteiger partial charge < -0.3 is 4.57 Å². The molecule has 1 aliphatic rings. The Hall–Kier alpha value is -2.72. The number of fused-ring (bicyclic) bond motifs is 1. The fourth-order valence-corrected chi connectivity index (χ4v) is 3.73. The highest BCUT2D eigenvalue weighted by Crippen LogP contribution is 2.19. The van der Waals surface area contributed by atoms with Crippen molar-refractivity contribution in [3.63, 3.8) is 0 Å². The highest BCUT2D eigenvalue weighted by molar-refractivity contribution is 7.16. The first-order valence-corrected chi connectivity index (χ1v) is 8.25. The average Bonchev–Trinajstić information content (AvgIpc) is 3.02. The van der Waals surface area contributed by atoms with E-state index in [4.69, 9.17) is 6.42 Å². The van der Waals surface area contributed by atoms with E-state index in [2.05, 4.69) is 10.9 Å². The topological polar surface area (TPSA) is 71.7 Å². The van der Waals surface area contributed by atoms with Gasteiger partial charge in [0.1, 0.15) is 6.54 Å². The fraction of sp³-hybridized carbons (Fsp3) is 0.294. The molecule has 0 bridgehead atoms. The summed E-state index contributed by atoms with van der Waals surface area (Å²) in [4.78, 5) is 40.9. The van der Waals surface area contributed by atoms with Gasteiger partial charge in [-0.15, -0.1) is 6.42 Å². The van der Waals surface area contributed by atoms with Crippen LogP contribution in [-0.4, -0.2) is 33.7 Å². The zero-order valence-corrected chi connectivity index (χ0v) is 13.9. The number of thiazole rings is 1. The predicted molar refractivity (Wildman–Crippen MR) is 89.9 cm³/mol. The number of aryl methyl sites for hydroxylation is 1. The third-order valence-electron chi connectivity index (χ3n) is 3.76. The Bertz CT molecular complexity index is 946. The molecule has 1 saturated heterocycles. The number of amides is 3. The van der Waals surface area contributed by atoms with Gasteiger partial charge >= 0.3 is 0 Å². The maximum absolute atomic E-state index is 12.2. The fourth-order valence-electron chi connectivity index (χ4n) is 2.59. The molecule has 122 valence electrons. The summed E-state index contributed by atoms with van der Waals surface area (Å²) in [5.74, 6) is 1.37. The molecule has 0 spiro atoms. The van der Waals surface area contributed by atoms with Crippen molar-refractivity contribution in [1.29, 1.82) is 0 Å². The van der Waals surface area contributed by atoms with Crippen molar-refractivity contribution in [2.75, 3.05) is 6.54 Å². The van der Waals surface area contributed by atoms with E-state index in [1.165, 1.54) is 11.3 Å². The molecule has 3 rings (SSSR count). The number of hydrogen-bond donors (Lipinski definition) is 0. The largest absolute Gasteiger partial charge is 0.305 e. The van der Waals surface area contributed by atoms with Crippen LogP contribution in [-0.2, 0) is 20.9 Å². The van der Waals surface area contributed by atoms with Crippen molar-refractivity contribution >= 4 is 39.3 Å². The van der Waals surface area contributed by atoms with Crippen molar-refractivity contribution < 1.29 is 14.4 Å². The van der Waals surface area contributed by atoms with E-state index in [1.807, 2.05) is 25.1 Å². The van der Waals surface area contributed by atoms with Gasteiger partial charge in [-0.25, -0.2) is 0 Å². The minimum absolute atomic E-state index is 0.158. The van der Waals surface area contributed by atoms with Crippen LogP contribution in [0.5, 0.6) is 0 Å². The second-order valence-electron chi connectivity index (χ2n) is 5.53. The molecule has 24 heavy (non-hydrogen) atoms. The molecule has 1 aliphatic heterocycles. The molecule has 0 atom stereocenters. The summed E-state index contributed by atoms with van der Waals surface area (Å²) in [5, 5.41) is 0. The number of terminal acetylenes is 1. The molecule has 3 amide bonds. The quantitative estimate of drug-likeness (QED) is 0.622. The molecule has 2 aromatic rings. The van der Waals surface area contributed by atoms with Crippen LogP contribution < -0.4 is 4.80 Å². The van der Waals surface area contributed by atoms with Crippen LogP contribution in [0, 0.1) is 19.3 Å². The van der Waals surface area contributed by atoms with Crippen LogP contribution in [0.15, 0.2) is 23.2 Å². The third-order valence-corrected chi connectivity index (χ3v) is 4.80. The van der Waals surface area contributed by atoms with Crippen molar-refractivity contribution in [2.24, 2.45) is 4.99 Å². The summed E-state index contributed by atoms with van der Waals surface area (Å²) < 4.78 is 2.76. The first kappa shape index (κ1) is 16.1. The highest BCUT2D eigenvalue weighted by atomic mass is 32.1. The maximum atomic E-state index is 12.2. The Balaban J connectivity index is 1.98. The van der Waals surface area contributed by atoms with Gasteiger partial charge in [0.15, 0.2) is 4.80 Å². The molecular formula is C17H15N3O3S. The normalized spacial score (nSPS) is 15.3. The van der Waals surface area contributed by atoms with Crippen LogP contribution in [0.2, 0.25) is 0 Å². The number of benzene rings is 1. The van der Waals surface area contributed by atoms with E-state index in [-0.39, 0.29) is 37.7 Å². The molecule has 7 heteroatoms. The van der Waals surface area contributed by atoms with Crippen LogP contribution in [0.4, 0.5) is 0 Å². The lowest BCUT2D eigenvalue weighted by molar-refractivity contribution is -0.141. The molecule has 0 radical (unpaired) electrons. The predicted octanol–water partition coefficient (Wildman–Crippen LogP) is 1.22. The van der Waals surface area contributed by atoms with E-state index in [0.717, 1.165) is 20.7 Å². The van der Waals surface area contributed by atoms with Gasteiger partial charge in [-0.1, -0.05) is 23.3 Å². The third kappa shape index (κ3) is 3.01. The summed E-state index contributed by atoms with van der Waals surface area (Å²) in [5.41, 5.74) is 2.01. The minimum Gasteiger partial charge on any atom is -0.305 e. The second-order valence-corrected chi connectivity index (χ2v) is 6.53. The van der Waals surface area contributed by atoms with Crippen molar-refractivity contribution in [1.82, 2.24) is 9.47 Å². The molecule has 0 saturated carbocycles. The number of imide groups is 1. The van der Waals surface area contributed by atoms with E-state index >= 15 is 0 Å². The lowest BCUT2D eigenvalue weighted by Crippen LogP contribution is -2.34. The summed E-state index contributed by atoms with van der Waals surface area (Å²) in [7, 11) is 0. The number of carbonyl (C=O) groups is 3. The van der Waals surface area contributed by atoms with Crippen molar-refractivity contribution in [2.45, 2.75) is 26.3 Å². The Morgan fingerprint density at radius 2 is 2.04 bits per heavy atom. The molecular weight excluding hydrogens is 326 g/mol. The molecule has 2 heterocycles. The SMILES string of the molecule is C#CCn1c(=NC(=O)CN2C(=O)CCC2=O)sc2cc(C)ccc21. The Kier molecular flexibility index (Phi) is 4.32. The van der Waals surface area contributed by atoms with Gasteiger partial charge in [-0.3, -0.25) is 19.3 Å². The zero-order valence-electron chi connectivity index (χ0n) is 13.1. The number of nitrogens with zero attached hydrogens (tertiary/aromatic N) is 3. The molecule has 1 fully saturated rings. The second kappa shape index (κ2) is 6.42. The maximum Gasteiger partial charge on any atom is 0.268 e. The van der Waals surface area contributed by atoms with Gasteiger partial charge in [0.25, 0.3) is 5.91 Å². The zero-order chi connectivity index (χ0) is 17.3. The van der Waals surface area contributed by atoms with Crippen LogP contribution in [0.3, 0.4) is 0 Å². The average molecular weight is 341 g/mol. The first-order chi connectivity index (χ1) is 11.5. The summed E-state index contributed by atoms with van der Waals surface area (Å²) in [6.07, 6.45) is 5.73. The van der Waals surface area contributed by atoms with Crippen LogP contribution >= 0.6 is 11.3 Å². The summed E-state index contributed by atoms with van der Waals surface area (Å²) >= 11 is 1.36. The Labute approximate surface area is 142 Å². The summed E-state index contributed by atoms with van der Waals surface area (Å²) in [6.45, 7) is 1.95. The molecule has 1 aromatic carbocycles. The van der Waals surface area contributed by atoms with Crippen LogP contribution in [0.25, 0.3) is 10.2 Å².